The highest BCUT2D eigenvalue weighted by Gasteiger charge is 2.79. The van der Waals surface area contributed by atoms with Gasteiger partial charge in [0.1, 0.15) is 0 Å². The monoisotopic (exact) mass is 332 g/mol. The van der Waals surface area contributed by atoms with Gasteiger partial charge in [0.2, 0.25) is 0 Å². The molecule has 3 fully saturated rings. The third kappa shape index (κ3) is 1.91. The molecule has 4 heteroatoms. The maximum atomic E-state index is 12.8. The molecule has 4 rings (SSSR count). The molecule has 0 heterocycles. The second-order valence-corrected chi connectivity index (χ2v) is 8.23. The van der Waals surface area contributed by atoms with E-state index in [1.165, 1.54) is 19.3 Å². The van der Waals surface area contributed by atoms with Crippen molar-refractivity contribution in [2.45, 2.75) is 65.2 Å². The smallest absolute Gasteiger partial charge is 0.323 e. The molecule has 4 nitrogen and oxygen atoms in total. The molecule has 0 aromatic carbocycles. The fourth-order valence-corrected chi connectivity index (χ4v) is 6.29. The molecule has 4 aliphatic rings. The Kier molecular flexibility index (Phi) is 3.59. The van der Waals surface area contributed by atoms with Crippen LogP contribution in [0.3, 0.4) is 0 Å². The molecule has 3 atom stereocenters. The molecular formula is C20H28O4. The molecule has 0 amide bonds. The number of ether oxygens (including phenoxy) is 2. The van der Waals surface area contributed by atoms with E-state index in [0.29, 0.717) is 37.4 Å². The fraction of sp³-hybridized carbons (Fsp3) is 0.800. The van der Waals surface area contributed by atoms with Crippen LogP contribution in [-0.4, -0.2) is 25.2 Å². The zero-order valence-electron chi connectivity index (χ0n) is 14.9. The topological polar surface area (TPSA) is 52.6 Å². The lowest BCUT2D eigenvalue weighted by Gasteiger charge is -2.38. The van der Waals surface area contributed by atoms with Gasteiger partial charge in [-0.3, -0.25) is 9.59 Å². The molecule has 24 heavy (non-hydrogen) atoms. The van der Waals surface area contributed by atoms with Crippen molar-refractivity contribution in [3.8, 4) is 0 Å². The van der Waals surface area contributed by atoms with E-state index in [4.69, 9.17) is 9.47 Å². The normalized spacial score (nSPS) is 38.2. The Labute approximate surface area is 144 Å². The molecule has 132 valence electrons. The lowest BCUT2D eigenvalue weighted by Crippen LogP contribution is -2.47. The van der Waals surface area contributed by atoms with E-state index in [0.717, 1.165) is 19.3 Å². The number of hydrogen-bond donors (Lipinski definition) is 0. The van der Waals surface area contributed by atoms with Gasteiger partial charge in [-0.05, 0) is 82.0 Å². The van der Waals surface area contributed by atoms with Crippen molar-refractivity contribution in [1.29, 1.82) is 0 Å². The van der Waals surface area contributed by atoms with Gasteiger partial charge in [0.05, 0.1) is 13.2 Å². The first-order chi connectivity index (χ1) is 11.5. The molecule has 0 aromatic rings. The number of allylic oxidation sites excluding steroid dienone is 2. The number of esters is 2. The minimum atomic E-state index is -1.07. The van der Waals surface area contributed by atoms with Crippen molar-refractivity contribution >= 4 is 11.9 Å². The molecule has 0 spiro atoms. The molecule has 4 aliphatic carbocycles. The highest BCUT2D eigenvalue weighted by molar-refractivity contribution is 6.00. The highest BCUT2D eigenvalue weighted by atomic mass is 16.6. The van der Waals surface area contributed by atoms with Crippen molar-refractivity contribution in [1.82, 2.24) is 0 Å². The van der Waals surface area contributed by atoms with Crippen LogP contribution in [-0.2, 0) is 19.1 Å². The van der Waals surface area contributed by atoms with Crippen molar-refractivity contribution < 1.29 is 19.1 Å². The summed E-state index contributed by atoms with van der Waals surface area (Å²) in [6.07, 6.45) is 10.7. The fourth-order valence-electron chi connectivity index (χ4n) is 6.29. The number of carbonyl (C=O) groups is 2. The van der Waals surface area contributed by atoms with Gasteiger partial charge in [-0.15, -0.1) is 0 Å². The molecule has 0 unspecified atom stereocenters. The standard InChI is InChI=1S/C20H28O4/c1-3-23-16(21)19(17(22)24-4-2)9-10-20-13-18(20,12-19)11-14-7-5-6-8-15(14)20/h8,14H,3-7,9-13H2,1-2H3/t14-,18-,20+/m0/s1. The average molecular weight is 332 g/mol. The average Bonchev–Trinajstić information content (AvgIpc) is 3.15. The van der Waals surface area contributed by atoms with Crippen molar-refractivity contribution in [3.63, 3.8) is 0 Å². The van der Waals surface area contributed by atoms with E-state index >= 15 is 0 Å². The summed E-state index contributed by atoms with van der Waals surface area (Å²) >= 11 is 0. The number of fused-ring (bicyclic) bond motifs is 1. The Morgan fingerprint density at radius 1 is 1.12 bits per heavy atom. The summed E-state index contributed by atoms with van der Waals surface area (Å²) in [7, 11) is 0. The largest absolute Gasteiger partial charge is 0.465 e. The van der Waals surface area contributed by atoms with Gasteiger partial charge >= 0.3 is 11.9 Å². The van der Waals surface area contributed by atoms with E-state index in [2.05, 4.69) is 6.08 Å². The summed E-state index contributed by atoms with van der Waals surface area (Å²) in [5.74, 6) is -0.0305. The van der Waals surface area contributed by atoms with E-state index in [-0.39, 0.29) is 17.4 Å². The van der Waals surface area contributed by atoms with Crippen LogP contribution in [0.1, 0.15) is 65.2 Å². The van der Waals surface area contributed by atoms with Gasteiger partial charge in [-0.25, -0.2) is 0 Å². The van der Waals surface area contributed by atoms with Crippen LogP contribution < -0.4 is 0 Å². The minimum absolute atomic E-state index is 0.144. The molecule has 0 radical (unpaired) electrons. The van der Waals surface area contributed by atoms with Gasteiger partial charge in [-0.2, -0.15) is 0 Å². The first kappa shape index (κ1) is 16.2. The van der Waals surface area contributed by atoms with Crippen molar-refractivity contribution in [2.75, 3.05) is 13.2 Å². The van der Waals surface area contributed by atoms with Crippen LogP contribution >= 0.6 is 0 Å². The number of rotatable bonds is 4. The summed E-state index contributed by atoms with van der Waals surface area (Å²) in [5.41, 5.74) is 1.03. The molecule has 0 aliphatic heterocycles. The third-order valence-electron chi connectivity index (χ3n) is 7.23. The third-order valence-corrected chi connectivity index (χ3v) is 7.23. The minimum Gasteiger partial charge on any atom is -0.465 e. The number of hydrogen-bond acceptors (Lipinski definition) is 4. The van der Waals surface area contributed by atoms with Crippen LogP contribution in [0, 0.1) is 22.2 Å². The Bertz CT molecular complexity index is 589. The van der Waals surface area contributed by atoms with Gasteiger partial charge < -0.3 is 9.47 Å². The van der Waals surface area contributed by atoms with Crippen molar-refractivity contribution in [3.05, 3.63) is 11.6 Å². The maximum Gasteiger partial charge on any atom is 0.323 e. The maximum absolute atomic E-state index is 12.8. The van der Waals surface area contributed by atoms with Crippen LogP contribution in [0.2, 0.25) is 0 Å². The van der Waals surface area contributed by atoms with Crippen LogP contribution in [0.25, 0.3) is 0 Å². The Hall–Kier alpha value is -1.32. The lowest BCUT2D eigenvalue weighted by molar-refractivity contribution is -0.176. The predicted molar refractivity (Wildman–Crippen MR) is 89.1 cm³/mol. The molecule has 0 aromatic heterocycles. The van der Waals surface area contributed by atoms with Gasteiger partial charge in [-0.1, -0.05) is 11.6 Å². The summed E-state index contributed by atoms with van der Waals surface area (Å²) in [6.45, 7) is 4.22. The zero-order chi connectivity index (χ0) is 17.0. The summed E-state index contributed by atoms with van der Waals surface area (Å²) in [4.78, 5) is 25.5. The molecule has 0 saturated heterocycles. The Morgan fingerprint density at radius 3 is 2.50 bits per heavy atom. The molecular weight excluding hydrogens is 304 g/mol. The van der Waals surface area contributed by atoms with Crippen LogP contribution in [0.15, 0.2) is 11.6 Å². The SMILES string of the molecule is CCOC(=O)C1(C(=O)OCC)CC[C@]23C[C@]2(C[C@@H]2CCCC=C23)C1. The van der Waals surface area contributed by atoms with Crippen molar-refractivity contribution in [2.24, 2.45) is 22.2 Å². The Balaban J connectivity index is 1.66. The first-order valence-corrected chi connectivity index (χ1v) is 9.59. The van der Waals surface area contributed by atoms with E-state index in [9.17, 15) is 9.59 Å². The molecule has 3 saturated carbocycles. The van der Waals surface area contributed by atoms with E-state index in [1.54, 1.807) is 19.4 Å². The molecule has 0 bridgehead atoms. The van der Waals surface area contributed by atoms with E-state index < -0.39 is 5.41 Å². The quantitative estimate of drug-likeness (QED) is 0.446. The zero-order valence-corrected chi connectivity index (χ0v) is 14.9. The van der Waals surface area contributed by atoms with Crippen LogP contribution in [0.5, 0.6) is 0 Å². The summed E-state index contributed by atoms with van der Waals surface area (Å²) in [5, 5.41) is 0. The second-order valence-electron chi connectivity index (χ2n) is 8.23. The summed E-state index contributed by atoms with van der Waals surface area (Å²) < 4.78 is 10.7. The summed E-state index contributed by atoms with van der Waals surface area (Å²) in [6, 6.07) is 0. The predicted octanol–water partition coefficient (Wildman–Crippen LogP) is 3.79. The second kappa shape index (κ2) is 5.34. The van der Waals surface area contributed by atoms with Gasteiger partial charge in [0, 0.05) is 0 Å². The first-order valence-electron chi connectivity index (χ1n) is 9.59. The Morgan fingerprint density at radius 2 is 1.83 bits per heavy atom. The van der Waals surface area contributed by atoms with Gasteiger partial charge in [0.15, 0.2) is 5.41 Å². The number of carbonyl (C=O) groups excluding carboxylic acids is 2. The molecule has 0 N–H and O–H groups in total. The highest BCUT2D eigenvalue weighted by Crippen LogP contribution is 2.85. The van der Waals surface area contributed by atoms with Gasteiger partial charge in [0.25, 0.3) is 0 Å². The lowest BCUT2D eigenvalue weighted by atomic mass is 9.65. The van der Waals surface area contributed by atoms with E-state index in [1.807, 2.05) is 0 Å². The van der Waals surface area contributed by atoms with Crippen LogP contribution in [0.4, 0.5) is 0 Å².